The first kappa shape index (κ1) is 14.3. The molecule has 0 bridgehead atoms. The number of hydrogen-bond acceptors (Lipinski definition) is 4. The van der Waals surface area contributed by atoms with E-state index in [1.807, 2.05) is 6.07 Å². The lowest BCUT2D eigenvalue weighted by Crippen LogP contribution is -2.12. The number of hydrogen-bond donors (Lipinski definition) is 2. The summed E-state index contributed by atoms with van der Waals surface area (Å²) in [6.07, 6.45) is 0. The van der Waals surface area contributed by atoms with Gasteiger partial charge < -0.3 is 11.1 Å². The highest BCUT2D eigenvalue weighted by Gasteiger charge is 2.12. The zero-order chi connectivity index (χ0) is 15.0. The van der Waals surface area contributed by atoms with Gasteiger partial charge >= 0.3 is 0 Å². The van der Waals surface area contributed by atoms with Crippen molar-refractivity contribution in [1.29, 1.82) is 0 Å². The summed E-state index contributed by atoms with van der Waals surface area (Å²) in [4.78, 5) is 16.5. The maximum atomic E-state index is 12.2. The molecule has 0 aliphatic rings. The molecular weight excluding hydrogens is 374 g/mol. The fourth-order valence-corrected chi connectivity index (χ4v) is 3.62. The van der Waals surface area contributed by atoms with Crippen molar-refractivity contribution >= 4 is 65.8 Å². The van der Waals surface area contributed by atoms with Gasteiger partial charge in [-0.1, -0.05) is 35.1 Å². The molecule has 0 aliphatic carbocycles. The highest BCUT2D eigenvalue weighted by atomic mass is 79.9. The van der Waals surface area contributed by atoms with Gasteiger partial charge in [0.1, 0.15) is 0 Å². The van der Waals surface area contributed by atoms with Crippen molar-refractivity contribution in [1.82, 2.24) is 4.98 Å². The molecule has 21 heavy (non-hydrogen) atoms. The van der Waals surface area contributed by atoms with Crippen LogP contribution in [0, 0.1) is 0 Å². The lowest BCUT2D eigenvalue weighted by molar-refractivity contribution is 0.102. The molecule has 1 amide bonds. The number of nitrogens with two attached hydrogens (primary N) is 1. The number of anilines is 2. The van der Waals surface area contributed by atoms with Crippen LogP contribution in [0.3, 0.4) is 0 Å². The van der Waals surface area contributed by atoms with E-state index in [1.165, 1.54) is 11.3 Å². The van der Waals surface area contributed by atoms with Crippen LogP contribution >= 0.6 is 38.9 Å². The highest BCUT2D eigenvalue weighted by molar-refractivity contribution is 9.10. The van der Waals surface area contributed by atoms with Gasteiger partial charge in [0, 0.05) is 10.2 Å². The molecule has 3 rings (SSSR count). The van der Waals surface area contributed by atoms with Crippen LogP contribution in [0.25, 0.3) is 10.2 Å². The molecule has 0 atom stereocenters. The summed E-state index contributed by atoms with van der Waals surface area (Å²) in [5, 5.41) is 3.73. The first-order valence-electron chi connectivity index (χ1n) is 5.96. The van der Waals surface area contributed by atoms with Crippen molar-refractivity contribution in [2.45, 2.75) is 0 Å². The summed E-state index contributed by atoms with van der Waals surface area (Å²) in [5.41, 5.74) is 7.57. The molecule has 0 aliphatic heterocycles. The zero-order valence-corrected chi connectivity index (χ0v) is 13.7. The van der Waals surface area contributed by atoms with Crippen molar-refractivity contribution in [2.24, 2.45) is 0 Å². The number of aromatic nitrogens is 1. The number of rotatable bonds is 2. The number of amides is 1. The smallest absolute Gasteiger partial charge is 0.257 e. The SMILES string of the molecule is Nc1nc2c(Br)cc(NC(=O)c3ccccc3Cl)cc2s1. The molecule has 3 N–H and O–H groups in total. The first-order chi connectivity index (χ1) is 10.0. The molecule has 1 heterocycles. The van der Waals surface area contributed by atoms with Crippen LogP contribution < -0.4 is 11.1 Å². The zero-order valence-electron chi connectivity index (χ0n) is 10.6. The van der Waals surface area contributed by atoms with Crippen LogP contribution in [0.2, 0.25) is 5.02 Å². The molecular formula is C14H9BrClN3OS. The van der Waals surface area contributed by atoms with Gasteiger partial charge in [0.05, 0.1) is 20.8 Å². The Kier molecular flexibility index (Phi) is 3.84. The minimum absolute atomic E-state index is 0.260. The van der Waals surface area contributed by atoms with E-state index in [0.717, 1.165) is 14.7 Å². The minimum Gasteiger partial charge on any atom is -0.375 e. The number of nitrogens with zero attached hydrogens (tertiary/aromatic N) is 1. The Bertz CT molecular complexity index is 849. The Morgan fingerprint density at radius 3 is 2.86 bits per heavy atom. The van der Waals surface area contributed by atoms with Gasteiger partial charge in [-0.05, 0) is 40.2 Å². The fourth-order valence-electron chi connectivity index (χ4n) is 1.92. The van der Waals surface area contributed by atoms with E-state index in [1.54, 1.807) is 30.3 Å². The average Bonchev–Trinajstić information content (AvgIpc) is 2.80. The number of carbonyl (C=O) groups excluding carboxylic acids is 1. The molecule has 0 radical (unpaired) electrons. The second kappa shape index (κ2) is 5.63. The van der Waals surface area contributed by atoms with Crippen LogP contribution in [0.1, 0.15) is 10.4 Å². The molecule has 7 heteroatoms. The quantitative estimate of drug-likeness (QED) is 0.683. The minimum atomic E-state index is -0.260. The normalized spacial score (nSPS) is 10.8. The molecule has 1 aromatic heterocycles. The molecule has 106 valence electrons. The summed E-state index contributed by atoms with van der Waals surface area (Å²) >= 11 is 10.8. The Morgan fingerprint density at radius 2 is 2.10 bits per heavy atom. The number of nitrogen functional groups attached to an aromatic ring is 1. The van der Waals surface area contributed by atoms with Crippen LogP contribution in [0.4, 0.5) is 10.8 Å². The third-order valence-electron chi connectivity index (χ3n) is 2.84. The molecule has 0 saturated heterocycles. The van der Waals surface area contributed by atoms with Crippen LogP contribution in [-0.2, 0) is 0 Å². The van der Waals surface area contributed by atoms with E-state index in [0.29, 0.717) is 21.4 Å². The molecule has 4 nitrogen and oxygen atoms in total. The summed E-state index contributed by atoms with van der Waals surface area (Å²) < 4.78 is 1.68. The fraction of sp³-hybridized carbons (Fsp3) is 0. The van der Waals surface area contributed by atoms with E-state index in [2.05, 4.69) is 26.2 Å². The number of halogens is 2. The van der Waals surface area contributed by atoms with Gasteiger partial charge in [0.25, 0.3) is 5.91 Å². The van der Waals surface area contributed by atoms with Crippen LogP contribution in [-0.4, -0.2) is 10.9 Å². The van der Waals surface area contributed by atoms with E-state index >= 15 is 0 Å². The third-order valence-corrected chi connectivity index (χ3v) is 4.61. The standard InChI is InChI=1S/C14H9BrClN3OS/c15-9-5-7(6-11-12(9)19-14(17)21-11)18-13(20)8-3-1-2-4-10(8)16/h1-6H,(H2,17,19)(H,18,20). The van der Waals surface area contributed by atoms with Crippen molar-refractivity contribution in [3.63, 3.8) is 0 Å². The second-order valence-corrected chi connectivity index (χ2v) is 6.61. The van der Waals surface area contributed by atoms with Gasteiger partial charge in [-0.3, -0.25) is 4.79 Å². The van der Waals surface area contributed by atoms with E-state index in [9.17, 15) is 4.79 Å². The largest absolute Gasteiger partial charge is 0.375 e. The van der Waals surface area contributed by atoms with Gasteiger partial charge in [0.2, 0.25) is 0 Å². The summed E-state index contributed by atoms with van der Waals surface area (Å²) in [6, 6.07) is 10.5. The molecule has 0 fully saturated rings. The summed E-state index contributed by atoms with van der Waals surface area (Å²) in [7, 11) is 0. The molecule has 0 unspecified atom stereocenters. The van der Waals surface area contributed by atoms with Crippen molar-refractivity contribution in [2.75, 3.05) is 11.1 Å². The predicted molar refractivity (Wildman–Crippen MR) is 91.1 cm³/mol. The maximum Gasteiger partial charge on any atom is 0.257 e. The molecule has 0 spiro atoms. The number of nitrogens with one attached hydrogen (secondary N) is 1. The maximum absolute atomic E-state index is 12.2. The Balaban J connectivity index is 1.95. The Hall–Kier alpha value is -1.63. The van der Waals surface area contributed by atoms with Crippen molar-refractivity contribution < 1.29 is 4.79 Å². The lowest BCUT2D eigenvalue weighted by atomic mass is 10.2. The average molecular weight is 383 g/mol. The van der Waals surface area contributed by atoms with Gasteiger partial charge in [-0.2, -0.15) is 0 Å². The first-order valence-corrected chi connectivity index (χ1v) is 7.95. The Labute approximate surface area is 138 Å². The second-order valence-electron chi connectivity index (χ2n) is 4.29. The summed E-state index contributed by atoms with van der Waals surface area (Å²) in [5.74, 6) is -0.260. The monoisotopic (exact) mass is 381 g/mol. The van der Waals surface area contributed by atoms with Crippen molar-refractivity contribution in [3.05, 3.63) is 51.5 Å². The number of carbonyl (C=O) groups is 1. The van der Waals surface area contributed by atoms with E-state index < -0.39 is 0 Å². The third kappa shape index (κ3) is 2.88. The molecule has 3 aromatic rings. The van der Waals surface area contributed by atoms with Gasteiger partial charge in [-0.15, -0.1) is 0 Å². The van der Waals surface area contributed by atoms with Crippen LogP contribution in [0.5, 0.6) is 0 Å². The lowest BCUT2D eigenvalue weighted by Gasteiger charge is -2.07. The van der Waals surface area contributed by atoms with E-state index in [-0.39, 0.29) is 5.91 Å². The number of thiazole rings is 1. The predicted octanol–water partition coefficient (Wildman–Crippen LogP) is 4.55. The molecule has 2 aromatic carbocycles. The number of fused-ring (bicyclic) bond motifs is 1. The Morgan fingerprint density at radius 1 is 1.33 bits per heavy atom. The van der Waals surface area contributed by atoms with Gasteiger partial charge in [-0.25, -0.2) is 4.98 Å². The molecule has 0 saturated carbocycles. The highest BCUT2D eigenvalue weighted by Crippen LogP contribution is 2.33. The number of benzene rings is 2. The van der Waals surface area contributed by atoms with Gasteiger partial charge in [0.15, 0.2) is 5.13 Å². The van der Waals surface area contributed by atoms with Crippen molar-refractivity contribution in [3.8, 4) is 0 Å². The van der Waals surface area contributed by atoms with E-state index in [4.69, 9.17) is 17.3 Å². The summed E-state index contributed by atoms with van der Waals surface area (Å²) in [6.45, 7) is 0. The van der Waals surface area contributed by atoms with Crippen LogP contribution in [0.15, 0.2) is 40.9 Å². The topological polar surface area (TPSA) is 68.0 Å².